The molecule has 4 nitrogen and oxygen atoms in total. The fraction of sp³-hybridized carbons (Fsp3) is 0.500. The number of H-pyrrole nitrogens is 1. The summed E-state index contributed by atoms with van der Waals surface area (Å²) in [6, 6.07) is 0. The highest BCUT2D eigenvalue weighted by Crippen LogP contribution is 1.86. The minimum atomic E-state index is -0.0706. The Morgan fingerprint density at radius 2 is 2.20 bits per heavy atom. The van der Waals surface area contributed by atoms with Gasteiger partial charge >= 0.3 is 0 Å². The minimum Gasteiger partial charge on any atom is -0.293 e. The molecule has 4 heteroatoms. The highest BCUT2D eigenvalue weighted by molar-refractivity contribution is 5.91. The summed E-state index contributed by atoms with van der Waals surface area (Å²) in [6.07, 6.45) is 1.39. The normalized spacial score (nSPS) is 7.90. The van der Waals surface area contributed by atoms with E-state index in [2.05, 4.69) is 15.4 Å². The SMILES string of the molecule is CC.CC(=O)c1cn[nH]n1. The van der Waals surface area contributed by atoms with Crippen LogP contribution in [0.2, 0.25) is 0 Å². The summed E-state index contributed by atoms with van der Waals surface area (Å²) in [6.45, 7) is 5.44. The number of hydrogen-bond donors (Lipinski definition) is 1. The molecule has 1 rings (SSSR count). The molecule has 0 amide bonds. The van der Waals surface area contributed by atoms with Gasteiger partial charge in [0.1, 0.15) is 5.69 Å². The number of carbonyl (C=O) groups is 1. The van der Waals surface area contributed by atoms with Crippen molar-refractivity contribution in [1.29, 1.82) is 0 Å². The molecule has 1 aromatic heterocycles. The van der Waals surface area contributed by atoms with Gasteiger partial charge in [0.25, 0.3) is 0 Å². The van der Waals surface area contributed by atoms with Crippen LogP contribution in [-0.4, -0.2) is 21.2 Å². The molecule has 1 heterocycles. The van der Waals surface area contributed by atoms with E-state index in [9.17, 15) is 4.79 Å². The number of ketones is 1. The van der Waals surface area contributed by atoms with Crippen LogP contribution in [0.15, 0.2) is 6.20 Å². The van der Waals surface area contributed by atoms with Gasteiger partial charge in [0.05, 0.1) is 6.20 Å². The smallest absolute Gasteiger partial charge is 0.181 e. The van der Waals surface area contributed by atoms with Crippen molar-refractivity contribution < 1.29 is 4.79 Å². The molecule has 0 saturated carbocycles. The van der Waals surface area contributed by atoms with Crippen LogP contribution in [0.25, 0.3) is 0 Å². The van der Waals surface area contributed by atoms with E-state index < -0.39 is 0 Å². The van der Waals surface area contributed by atoms with Gasteiger partial charge in [0.15, 0.2) is 5.78 Å². The maximum absolute atomic E-state index is 10.4. The van der Waals surface area contributed by atoms with Crippen molar-refractivity contribution in [1.82, 2.24) is 15.4 Å². The van der Waals surface area contributed by atoms with Crippen molar-refractivity contribution >= 4 is 5.78 Å². The zero-order valence-corrected chi connectivity index (χ0v) is 6.38. The monoisotopic (exact) mass is 141 g/mol. The lowest BCUT2D eigenvalue weighted by atomic mass is 10.3. The standard InChI is InChI=1S/C4H5N3O.C2H6/c1-3(8)4-2-5-7-6-4;1-2/h2H,1H3,(H,5,6,7);1-2H3. The van der Waals surface area contributed by atoms with E-state index in [4.69, 9.17) is 0 Å². The number of aromatic nitrogens is 3. The highest BCUT2D eigenvalue weighted by Gasteiger charge is 1.98. The Bertz CT molecular complexity index is 181. The average Bonchev–Trinajstić information content (AvgIpc) is 2.42. The van der Waals surface area contributed by atoms with E-state index in [-0.39, 0.29) is 5.78 Å². The first-order chi connectivity index (χ1) is 4.80. The van der Waals surface area contributed by atoms with Gasteiger partial charge in [-0.2, -0.15) is 15.4 Å². The maximum Gasteiger partial charge on any atom is 0.181 e. The van der Waals surface area contributed by atoms with Crippen LogP contribution >= 0.6 is 0 Å². The molecule has 0 radical (unpaired) electrons. The maximum atomic E-state index is 10.4. The second-order valence-corrected chi connectivity index (χ2v) is 1.41. The zero-order chi connectivity index (χ0) is 7.98. The van der Waals surface area contributed by atoms with Crippen molar-refractivity contribution in [3.05, 3.63) is 11.9 Å². The van der Waals surface area contributed by atoms with Gasteiger partial charge < -0.3 is 0 Å². The van der Waals surface area contributed by atoms with Gasteiger partial charge in [-0.05, 0) is 0 Å². The van der Waals surface area contributed by atoms with Crippen molar-refractivity contribution in [2.45, 2.75) is 20.8 Å². The number of aromatic amines is 1. The van der Waals surface area contributed by atoms with Crippen LogP contribution in [0, 0.1) is 0 Å². The summed E-state index contributed by atoms with van der Waals surface area (Å²) in [5.41, 5.74) is 0.380. The summed E-state index contributed by atoms with van der Waals surface area (Å²) < 4.78 is 0. The van der Waals surface area contributed by atoms with Gasteiger partial charge in [0, 0.05) is 6.92 Å². The fourth-order valence-corrected chi connectivity index (χ4v) is 0.371. The van der Waals surface area contributed by atoms with Crippen LogP contribution in [0.3, 0.4) is 0 Å². The van der Waals surface area contributed by atoms with Crippen molar-refractivity contribution in [3.63, 3.8) is 0 Å². The van der Waals surface area contributed by atoms with Crippen LogP contribution in [0.5, 0.6) is 0 Å². The summed E-state index contributed by atoms with van der Waals surface area (Å²) in [4.78, 5) is 10.4. The molecule has 56 valence electrons. The summed E-state index contributed by atoms with van der Waals surface area (Å²) in [5, 5.41) is 9.31. The van der Waals surface area contributed by atoms with E-state index in [1.54, 1.807) is 0 Å². The predicted octanol–water partition coefficient (Wildman–Crippen LogP) is 1.03. The first-order valence-corrected chi connectivity index (χ1v) is 3.17. The average molecular weight is 141 g/mol. The molecule has 0 unspecified atom stereocenters. The van der Waals surface area contributed by atoms with Crippen LogP contribution < -0.4 is 0 Å². The molecule has 10 heavy (non-hydrogen) atoms. The number of hydrogen-bond acceptors (Lipinski definition) is 3. The van der Waals surface area contributed by atoms with E-state index in [1.807, 2.05) is 13.8 Å². The molecule has 1 N–H and O–H groups in total. The Labute approximate surface area is 59.6 Å². The Hall–Kier alpha value is -1.19. The number of Topliss-reactive ketones (excluding diaryl/α,β-unsaturated/α-hetero) is 1. The lowest BCUT2D eigenvalue weighted by Crippen LogP contribution is -1.90. The summed E-state index contributed by atoms with van der Waals surface area (Å²) in [5.74, 6) is -0.0706. The zero-order valence-electron chi connectivity index (χ0n) is 6.38. The van der Waals surface area contributed by atoms with Crippen LogP contribution in [0.4, 0.5) is 0 Å². The Morgan fingerprint density at radius 1 is 1.60 bits per heavy atom. The van der Waals surface area contributed by atoms with Gasteiger partial charge in [0.2, 0.25) is 0 Å². The third kappa shape index (κ3) is 2.39. The van der Waals surface area contributed by atoms with Gasteiger partial charge in [-0.1, -0.05) is 13.8 Å². The Kier molecular flexibility index (Phi) is 4.11. The molecule has 0 fully saturated rings. The molecule has 0 aromatic carbocycles. The van der Waals surface area contributed by atoms with Crippen molar-refractivity contribution in [3.8, 4) is 0 Å². The molecule has 0 bridgehead atoms. The third-order valence-electron chi connectivity index (χ3n) is 0.776. The molecule has 0 spiro atoms. The molecular formula is C6H11N3O. The minimum absolute atomic E-state index is 0.0706. The highest BCUT2D eigenvalue weighted by atomic mass is 16.1. The largest absolute Gasteiger partial charge is 0.293 e. The van der Waals surface area contributed by atoms with Gasteiger partial charge in [-0.3, -0.25) is 4.79 Å². The van der Waals surface area contributed by atoms with E-state index in [0.717, 1.165) is 0 Å². The lowest BCUT2D eigenvalue weighted by molar-refractivity contribution is 0.101. The van der Waals surface area contributed by atoms with Gasteiger partial charge in [-0.15, -0.1) is 0 Å². The van der Waals surface area contributed by atoms with Crippen LogP contribution in [-0.2, 0) is 0 Å². The number of carbonyl (C=O) groups excluding carboxylic acids is 1. The molecular weight excluding hydrogens is 130 g/mol. The quantitative estimate of drug-likeness (QED) is 0.594. The Balaban J connectivity index is 0.000000371. The van der Waals surface area contributed by atoms with Crippen LogP contribution in [0.1, 0.15) is 31.3 Å². The second-order valence-electron chi connectivity index (χ2n) is 1.41. The summed E-state index contributed by atoms with van der Waals surface area (Å²) in [7, 11) is 0. The van der Waals surface area contributed by atoms with E-state index in [1.165, 1.54) is 13.1 Å². The topological polar surface area (TPSA) is 58.6 Å². The number of nitrogens with zero attached hydrogens (tertiary/aromatic N) is 2. The first kappa shape index (κ1) is 8.81. The fourth-order valence-electron chi connectivity index (χ4n) is 0.371. The third-order valence-corrected chi connectivity index (χ3v) is 0.776. The number of nitrogens with one attached hydrogen (secondary N) is 1. The molecule has 0 saturated heterocycles. The molecule has 0 aliphatic heterocycles. The van der Waals surface area contributed by atoms with Crippen molar-refractivity contribution in [2.24, 2.45) is 0 Å². The molecule has 0 atom stereocenters. The molecule has 0 aliphatic carbocycles. The van der Waals surface area contributed by atoms with Crippen molar-refractivity contribution in [2.75, 3.05) is 0 Å². The second kappa shape index (κ2) is 4.67. The lowest BCUT2D eigenvalue weighted by Gasteiger charge is -1.76. The first-order valence-electron chi connectivity index (χ1n) is 3.17. The van der Waals surface area contributed by atoms with E-state index >= 15 is 0 Å². The summed E-state index contributed by atoms with van der Waals surface area (Å²) >= 11 is 0. The molecule has 1 aromatic rings. The predicted molar refractivity (Wildman–Crippen MR) is 37.7 cm³/mol. The Morgan fingerprint density at radius 3 is 2.40 bits per heavy atom. The van der Waals surface area contributed by atoms with E-state index in [0.29, 0.717) is 5.69 Å². The number of rotatable bonds is 1. The van der Waals surface area contributed by atoms with Gasteiger partial charge in [-0.25, -0.2) is 0 Å². The molecule has 0 aliphatic rings.